The van der Waals surface area contributed by atoms with Gasteiger partial charge in [0.15, 0.2) is 0 Å². The van der Waals surface area contributed by atoms with Crippen molar-refractivity contribution in [2.75, 3.05) is 13.1 Å². The molecule has 3 rings (SSSR count). The first kappa shape index (κ1) is 20.2. The SMILES string of the molecule is C=CC(=O)NCc1nc2c(s1)CCN(C(=O)C1=NN(CC(C)C)C(=O)CC1)C2. The Balaban J connectivity index is 1.67. The lowest BCUT2D eigenvalue weighted by Crippen LogP contribution is -2.44. The Hall–Kier alpha value is -2.55. The predicted molar refractivity (Wildman–Crippen MR) is 106 cm³/mol. The highest BCUT2D eigenvalue weighted by atomic mass is 32.1. The topological polar surface area (TPSA) is 95.0 Å². The summed E-state index contributed by atoms with van der Waals surface area (Å²) in [6, 6.07) is 0. The lowest BCUT2D eigenvalue weighted by atomic mass is 10.1. The molecule has 1 N–H and O–H groups in total. The van der Waals surface area contributed by atoms with E-state index in [4.69, 9.17) is 0 Å². The van der Waals surface area contributed by atoms with Gasteiger partial charge in [-0.25, -0.2) is 9.99 Å². The zero-order valence-electron chi connectivity index (χ0n) is 16.2. The van der Waals surface area contributed by atoms with Crippen molar-refractivity contribution in [3.63, 3.8) is 0 Å². The van der Waals surface area contributed by atoms with Crippen LogP contribution in [0.1, 0.15) is 42.3 Å². The van der Waals surface area contributed by atoms with Crippen LogP contribution in [0.3, 0.4) is 0 Å². The molecule has 3 amide bonds. The minimum atomic E-state index is -0.235. The number of hydrazone groups is 1. The summed E-state index contributed by atoms with van der Waals surface area (Å²) in [7, 11) is 0. The Morgan fingerprint density at radius 1 is 1.32 bits per heavy atom. The van der Waals surface area contributed by atoms with Crippen molar-refractivity contribution in [1.82, 2.24) is 20.2 Å². The lowest BCUT2D eigenvalue weighted by molar-refractivity contribution is -0.132. The zero-order chi connectivity index (χ0) is 20.3. The van der Waals surface area contributed by atoms with Gasteiger partial charge in [-0.1, -0.05) is 20.4 Å². The first-order valence-corrected chi connectivity index (χ1v) is 10.2. The number of rotatable bonds is 6. The van der Waals surface area contributed by atoms with Crippen LogP contribution in [-0.4, -0.2) is 51.4 Å². The molecule has 0 unspecified atom stereocenters. The number of thiazole rings is 1. The van der Waals surface area contributed by atoms with Gasteiger partial charge in [0.25, 0.3) is 5.91 Å². The van der Waals surface area contributed by atoms with Gasteiger partial charge in [0.2, 0.25) is 11.8 Å². The van der Waals surface area contributed by atoms with Gasteiger partial charge >= 0.3 is 0 Å². The number of aromatic nitrogens is 1. The number of hydrogen-bond acceptors (Lipinski definition) is 6. The molecule has 0 saturated heterocycles. The summed E-state index contributed by atoms with van der Waals surface area (Å²) in [6.07, 6.45) is 2.66. The highest BCUT2D eigenvalue weighted by Gasteiger charge is 2.30. The minimum Gasteiger partial charge on any atom is -0.346 e. The summed E-state index contributed by atoms with van der Waals surface area (Å²) in [5, 5.41) is 9.30. The minimum absolute atomic E-state index is 0.0307. The molecule has 0 bridgehead atoms. The van der Waals surface area contributed by atoms with Gasteiger partial charge in [0.1, 0.15) is 10.7 Å². The molecule has 0 saturated carbocycles. The maximum atomic E-state index is 12.9. The van der Waals surface area contributed by atoms with Crippen molar-refractivity contribution in [2.45, 2.75) is 46.2 Å². The fourth-order valence-corrected chi connectivity index (χ4v) is 4.17. The van der Waals surface area contributed by atoms with Crippen LogP contribution in [0.15, 0.2) is 17.8 Å². The van der Waals surface area contributed by atoms with Crippen LogP contribution >= 0.6 is 11.3 Å². The van der Waals surface area contributed by atoms with Crippen molar-refractivity contribution in [3.05, 3.63) is 28.2 Å². The molecule has 0 spiro atoms. The largest absolute Gasteiger partial charge is 0.346 e. The molecule has 150 valence electrons. The third-order valence-corrected chi connectivity index (χ3v) is 5.71. The Bertz CT molecular complexity index is 830. The van der Waals surface area contributed by atoms with Crippen molar-refractivity contribution in [2.24, 2.45) is 11.0 Å². The van der Waals surface area contributed by atoms with Crippen LogP contribution in [0.2, 0.25) is 0 Å². The molecule has 28 heavy (non-hydrogen) atoms. The van der Waals surface area contributed by atoms with Crippen molar-refractivity contribution in [3.8, 4) is 0 Å². The number of amides is 3. The molecular formula is C19H25N5O3S. The third-order valence-electron chi connectivity index (χ3n) is 4.55. The number of fused-ring (bicyclic) bond motifs is 1. The second-order valence-corrected chi connectivity index (χ2v) is 8.46. The molecule has 2 aliphatic heterocycles. The van der Waals surface area contributed by atoms with E-state index in [1.165, 1.54) is 11.1 Å². The monoisotopic (exact) mass is 403 g/mol. The van der Waals surface area contributed by atoms with Crippen molar-refractivity contribution < 1.29 is 14.4 Å². The summed E-state index contributed by atoms with van der Waals surface area (Å²) < 4.78 is 0. The molecule has 8 nitrogen and oxygen atoms in total. The number of nitrogens with zero attached hydrogens (tertiary/aromatic N) is 4. The van der Waals surface area contributed by atoms with Gasteiger partial charge in [0.05, 0.1) is 18.8 Å². The second-order valence-electron chi connectivity index (χ2n) is 7.29. The average Bonchev–Trinajstić information content (AvgIpc) is 3.09. The normalized spacial score (nSPS) is 16.7. The molecular weight excluding hydrogens is 378 g/mol. The Morgan fingerprint density at radius 3 is 2.82 bits per heavy atom. The van der Waals surface area contributed by atoms with E-state index in [2.05, 4.69) is 22.0 Å². The Labute approximate surface area is 168 Å². The smallest absolute Gasteiger partial charge is 0.270 e. The van der Waals surface area contributed by atoms with Crippen LogP contribution < -0.4 is 5.32 Å². The van der Waals surface area contributed by atoms with E-state index in [9.17, 15) is 14.4 Å². The summed E-state index contributed by atoms with van der Waals surface area (Å²) in [4.78, 5) is 43.7. The van der Waals surface area contributed by atoms with E-state index in [0.717, 1.165) is 22.0 Å². The molecule has 3 heterocycles. The maximum absolute atomic E-state index is 12.9. The van der Waals surface area contributed by atoms with Gasteiger partial charge in [-0.15, -0.1) is 11.3 Å². The van der Waals surface area contributed by atoms with Crippen LogP contribution in [-0.2, 0) is 33.9 Å². The quantitative estimate of drug-likeness (QED) is 0.728. The predicted octanol–water partition coefficient (Wildman–Crippen LogP) is 1.46. The van der Waals surface area contributed by atoms with Crippen LogP contribution in [0, 0.1) is 5.92 Å². The molecule has 1 aromatic heterocycles. The molecule has 0 aromatic carbocycles. The zero-order valence-corrected chi connectivity index (χ0v) is 17.0. The fraction of sp³-hybridized carbons (Fsp3) is 0.526. The number of nitrogens with one attached hydrogen (secondary N) is 1. The van der Waals surface area contributed by atoms with E-state index < -0.39 is 0 Å². The first-order valence-electron chi connectivity index (χ1n) is 9.42. The Kier molecular flexibility index (Phi) is 6.23. The standard InChI is InChI=1S/C19H25N5O3S/c1-4-16(25)20-9-17-21-14-11-23(8-7-15(14)28-17)19(27)13-5-6-18(26)24(22-13)10-12(2)3/h4,12H,1,5-11H2,2-3H3,(H,20,25). The molecule has 1 aromatic rings. The Morgan fingerprint density at radius 2 is 2.11 bits per heavy atom. The van der Waals surface area contributed by atoms with E-state index in [-0.39, 0.29) is 23.6 Å². The molecule has 0 aliphatic carbocycles. The second kappa shape index (κ2) is 8.64. The lowest BCUT2D eigenvalue weighted by Gasteiger charge is -2.29. The van der Waals surface area contributed by atoms with E-state index in [0.29, 0.717) is 44.7 Å². The fourth-order valence-electron chi connectivity index (χ4n) is 3.16. The summed E-state index contributed by atoms with van der Waals surface area (Å²) in [5.41, 5.74) is 1.32. The summed E-state index contributed by atoms with van der Waals surface area (Å²) in [6.45, 7) is 9.37. The van der Waals surface area contributed by atoms with Gasteiger partial charge < -0.3 is 10.2 Å². The van der Waals surface area contributed by atoms with E-state index >= 15 is 0 Å². The molecule has 2 aliphatic rings. The van der Waals surface area contributed by atoms with Gasteiger partial charge in [-0.05, 0) is 12.0 Å². The molecule has 9 heteroatoms. The number of carbonyl (C=O) groups excluding carboxylic acids is 3. The average molecular weight is 404 g/mol. The molecule has 0 radical (unpaired) electrons. The number of hydrogen-bond donors (Lipinski definition) is 1. The molecule has 0 atom stereocenters. The van der Waals surface area contributed by atoms with E-state index in [1.54, 1.807) is 16.2 Å². The van der Waals surface area contributed by atoms with Crippen molar-refractivity contribution in [1.29, 1.82) is 0 Å². The highest BCUT2D eigenvalue weighted by molar-refractivity contribution is 7.11. The molecule has 0 fully saturated rings. The van der Waals surface area contributed by atoms with E-state index in [1.807, 2.05) is 13.8 Å². The van der Waals surface area contributed by atoms with Crippen LogP contribution in [0.4, 0.5) is 0 Å². The van der Waals surface area contributed by atoms with Gasteiger partial charge in [-0.3, -0.25) is 14.4 Å². The summed E-state index contributed by atoms with van der Waals surface area (Å²) >= 11 is 1.56. The van der Waals surface area contributed by atoms with Crippen LogP contribution in [0.5, 0.6) is 0 Å². The third kappa shape index (κ3) is 4.64. The highest BCUT2D eigenvalue weighted by Crippen LogP contribution is 2.26. The van der Waals surface area contributed by atoms with Crippen molar-refractivity contribution >= 4 is 34.8 Å². The summed E-state index contributed by atoms with van der Waals surface area (Å²) in [5.74, 6) is -0.103. The van der Waals surface area contributed by atoms with Crippen LogP contribution in [0.25, 0.3) is 0 Å². The first-order chi connectivity index (χ1) is 13.4. The maximum Gasteiger partial charge on any atom is 0.270 e. The van der Waals surface area contributed by atoms with Gasteiger partial charge in [0, 0.05) is 37.2 Å². The van der Waals surface area contributed by atoms with Gasteiger partial charge in [-0.2, -0.15) is 5.10 Å². The number of carbonyl (C=O) groups is 3.